The van der Waals surface area contributed by atoms with E-state index in [0.717, 1.165) is 29.8 Å². The Morgan fingerprint density at radius 1 is 0.700 bits per heavy atom. The molecular weight excluding hydrogens is 498 g/mol. The average Bonchev–Trinajstić information content (AvgIpc) is 2.99. The third-order valence-corrected chi connectivity index (χ3v) is 8.79. The lowest BCUT2D eigenvalue weighted by Crippen LogP contribution is -2.55. The standard InChI is InChI=1S/C34H39N3O3/c1-24-11-10-16-28(25(24)2)32-29(33(39)26-12-6-4-7-13-26)21-36(23-31(38)37-19-17-35(3)18-20-37)22-30(32)34(40)27-14-8-5-9-15-27/h4-16,29-30,32H,17-23H2,1-3H3/t29-,30-/m0/s1. The molecule has 0 aromatic heterocycles. The highest BCUT2D eigenvalue weighted by molar-refractivity contribution is 6.02. The quantitative estimate of drug-likeness (QED) is 0.416. The van der Waals surface area contributed by atoms with Crippen LogP contribution in [-0.4, -0.2) is 85.0 Å². The lowest BCUT2D eigenvalue weighted by Gasteiger charge is -2.44. The van der Waals surface area contributed by atoms with Gasteiger partial charge in [0.05, 0.1) is 6.54 Å². The summed E-state index contributed by atoms with van der Waals surface area (Å²) in [6, 6.07) is 24.9. The smallest absolute Gasteiger partial charge is 0.236 e. The molecule has 0 bridgehead atoms. The van der Waals surface area contributed by atoms with Gasteiger partial charge in [0.1, 0.15) is 0 Å². The molecule has 2 aliphatic rings. The fourth-order valence-corrected chi connectivity index (χ4v) is 6.31. The molecule has 208 valence electrons. The molecule has 6 heteroatoms. The molecule has 0 N–H and O–H groups in total. The van der Waals surface area contributed by atoms with E-state index in [-0.39, 0.29) is 29.9 Å². The molecular formula is C34H39N3O3. The van der Waals surface area contributed by atoms with Gasteiger partial charge in [-0.15, -0.1) is 0 Å². The molecule has 2 aliphatic heterocycles. The molecule has 0 spiro atoms. The van der Waals surface area contributed by atoms with Gasteiger partial charge in [0, 0.05) is 68.1 Å². The number of ketones is 2. The maximum Gasteiger partial charge on any atom is 0.236 e. The molecule has 2 heterocycles. The number of piperidine rings is 1. The Balaban J connectivity index is 1.55. The van der Waals surface area contributed by atoms with Crippen LogP contribution in [0.1, 0.15) is 43.3 Å². The molecule has 1 amide bonds. The third-order valence-electron chi connectivity index (χ3n) is 8.79. The fraction of sp³-hybridized carbons (Fsp3) is 0.382. The summed E-state index contributed by atoms with van der Waals surface area (Å²) < 4.78 is 0. The number of carbonyl (C=O) groups is 3. The number of piperazine rings is 1. The highest BCUT2D eigenvalue weighted by atomic mass is 16.2. The average molecular weight is 538 g/mol. The molecule has 0 unspecified atom stereocenters. The van der Waals surface area contributed by atoms with Crippen molar-refractivity contribution in [2.75, 3.05) is 52.9 Å². The Morgan fingerprint density at radius 2 is 1.23 bits per heavy atom. The molecule has 40 heavy (non-hydrogen) atoms. The molecule has 3 aromatic carbocycles. The number of carbonyl (C=O) groups excluding carboxylic acids is 3. The van der Waals surface area contributed by atoms with Gasteiger partial charge in [-0.05, 0) is 37.6 Å². The highest BCUT2D eigenvalue weighted by Crippen LogP contribution is 2.42. The normalized spacial score (nSPS) is 20.8. The second-order valence-corrected chi connectivity index (χ2v) is 11.4. The summed E-state index contributed by atoms with van der Waals surface area (Å²) in [5, 5.41) is 0. The summed E-state index contributed by atoms with van der Waals surface area (Å²) in [4.78, 5) is 48.0. The Kier molecular flexibility index (Phi) is 8.57. The first-order valence-corrected chi connectivity index (χ1v) is 14.3. The van der Waals surface area contributed by atoms with Gasteiger partial charge >= 0.3 is 0 Å². The minimum absolute atomic E-state index is 0.0223. The third kappa shape index (κ3) is 5.93. The number of aryl methyl sites for hydroxylation is 1. The minimum Gasteiger partial charge on any atom is -0.339 e. The van der Waals surface area contributed by atoms with Crippen molar-refractivity contribution in [2.45, 2.75) is 19.8 Å². The van der Waals surface area contributed by atoms with Crippen molar-refractivity contribution in [3.63, 3.8) is 0 Å². The molecule has 2 atom stereocenters. The number of hydrogen-bond acceptors (Lipinski definition) is 5. The van der Waals surface area contributed by atoms with Crippen LogP contribution in [0.15, 0.2) is 78.9 Å². The van der Waals surface area contributed by atoms with Crippen molar-refractivity contribution >= 4 is 17.5 Å². The Morgan fingerprint density at radius 3 is 1.75 bits per heavy atom. The highest BCUT2D eigenvalue weighted by Gasteiger charge is 2.45. The summed E-state index contributed by atoms with van der Waals surface area (Å²) >= 11 is 0. The lowest BCUT2D eigenvalue weighted by atomic mass is 9.67. The zero-order chi connectivity index (χ0) is 28.2. The predicted octanol–water partition coefficient (Wildman–Crippen LogP) is 4.47. The SMILES string of the molecule is Cc1cccc(C2[C@@H](C(=O)c3ccccc3)CN(CC(=O)N3CCN(C)CC3)C[C@@H]2C(=O)c2ccccc2)c1C. The summed E-state index contributed by atoms with van der Waals surface area (Å²) in [7, 11) is 2.07. The van der Waals surface area contributed by atoms with Gasteiger partial charge in [0.2, 0.25) is 5.91 Å². The van der Waals surface area contributed by atoms with Crippen molar-refractivity contribution in [3.8, 4) is 0 Å². The number of benzene rings is 3. The first-order chi connectivity index (χ1) is 19.3. The molecule has 3 aromatic rings. The van der Waals surface area contributed by atoms with Gasteiger partial charge in [0.25, 0.3) is 0 Å². The van der Waals surface area contributed by atoms with Crippen LogP contribution in [0.2, 0.25) is 0 Å². The second-order valence-electron chi connectivity index (χ2n) is 11.4. The van der Waals surface area contributed by atoms with E-state index in [1.165, 1.54) is 0 Å². The topological polar surface area (TPSA) is 60.9 Å². The Hall–Kier alpha value is -3.61. The number of Topliss-reactive ketones (excluding diaryl/α,β-unsaturated/α-hetero) is 2. The van der Waals surface area contributed by atoms with Crippen molar-refractivity contribution in [2.24, 2.45) is 11.8 Å². The summed E-state index contributed by atoms with van der Waals surface area (Å²) in [6.07, 6.45) is 0. The van der Waals surface area contributed by atoms with Crippen LogP contribution in [-0.2, 0) is 4.79 Å². The van der Waals surface area contributed by atoms with Crippen LogP contribution in [0.4, 0.5) is 0 Å². The van der Waals surface area contributed by atoms with Crippen LogP contribution in [0, 0.1) is 25.7 Å². The van der Waals surface area contributed by atoms with E-state index < -0.39 is 11.8 Å². The summed E-state index contributed by atoms with van der Waals surface area (Å²) in [6.45, 7) is 8.34. The number of rotatable bonds is 7. The Labute approximate surface area is 237 Å². The Bertz CT molecular complexity index is 1290. The zero-order valence-corrected chi connectivity index (χ0v) is 23.8. The predicted molar refractivity (Wildman–Crippen MR) is 158 cm³/mol. The van der Waals surface area contributed by atoms with E-state index in [2.05, 4.69) is 42.8 Å². The first kappa shape index (κ1) is 27.9. The van der Waals surface area contributed by atoms with Crippen molar-refractivity contribution in [1.29, 1.82) is 0 Å². The maximum absolute atomic E-state index is 14.2. The van der Waals surface area contributed by atoms with Gasteiger partial charge in [-0.2, -0.15) is 0 Å². The molecule has 6 nitrogen and oxygen atoms in total. The number of amides is 1. The van der Waals surface area contributed by atoms with Gasteiger partial charge in [-0.25, -0.2) is 0 Å². The van der Waals surface area contributed by atoms with Crippen LogP contribution < -0.4 is 0 Å². The van der Waals surface area contributed by atoms with Gasteiger partial charge in [-0.3, -0.25) is 19.3 Å². The monoisotopic (exact) mass is 537 g/mol. The van der Waals surface area contributed by atoms with Crippen LogP contribution >= 0.6 is 0 Å². The molecule has 2 saturated heterocycles. The number of likely N-dealkylation sites (N-methyl/N-ethyl adjacent to an activating group) is 1. The van der Waals surface area contributed by atoms with Crippen LogP contribution in [0.5, 0.6) is 0 Å². The van der Waals surface area contributed by atoms with E-state index in [9.17, 15) is 14.4 Å². The van der Waals surface area contributed by atoms with Crippen molar-refractivity contribution in [3.05, 3.63) is 107 Å². The maximum atomic E-state index is 14.2. The van der Waals surface area contributed by atoms with E-state index in [4.69, 9.17) is 0 Å². The van der Waals surface area contributed by atoms with Gasteiger partial charge in [0.15, 0.2) is 11.6 Å². The molecule has 2 fully saturated rings. The number of nitrogens with zero attached hydrogens (tertiary/aromatic N) is 3. The number of hydrogen-bond donors (Lipinski definition) is 0. The first-order valence-electron chi connectivity index (χ1n) is 14.3. The fourth-order valence-electron chi connectivity index (χ4n) is 6.31. The van der Waals surface area contributed by atoms with Gasteiger partial charge < -0.3 is 9.80 Å². The molecule has 5 rings (SSSR count). The largest absolute Gasteiger partial charge is 0.339 e. The number of likely N-dealkylation sites (tertiary alicyclic amines) is 1. The lowest BCUT2D eigenvalue weighted by molar-refractivity contribution is -0.134. The van der Waals surface area contributed by atoms with Crippen LogP contribution in [0.25, 0.3) is 0 Å². The van der Waals surface area contributed by atoms with E-state index in [0.29, 0.717) is 37.3 Å². The molecule has 0 saturated carbocycles. The molecule has 0 radical (unpaired) electrons. The second kappa shape index (κ2) is 12.3. The minimum atomic E-state index is -0.463. The van der Waals surface area contributed by atoms with E-state index in [1.807, 2.05) is 71.6 Å². The summed E-state index contributed by atoms with van der Waals surface area (Å²) in [5.41, 5.74) is 4.59. The van der Waals surface area contributed by atoms with Gasteiger partial charge in [-0.1, -0.05) is 78.9 Å². The summed E-state index contributed by atoms with van der Waals surface area (Å²) in [5.74, 6) is -1.11. The van der Waals surface area contributed by atoms with E-state index in [1.54, 1.807) is 0 Å². The van der Waals surface area contributed by atoms with Crippen molar-refractivity contribution < 1.29 is 14.4 Å². The zero-order valence-electron chi connectivity index (χ0n) is 23.8. The van der Waals surface area contributed by atoms with Crippen molar-refractivity contribution in [1.82, 2.24) is 14.7 Å². The molecule has 0 aliphatic carbocycles. The van der Waals surface area contributed by atoms with Crippen LogP contribution in [0.3, 0.4) is 0 Å². The van der Waals surface area contributed by atoms with E-state index >= 15 is 0 Å².